The molecule has 1 aromatic carbocycles. The molecular formula is C8H9BNO2-. The largest absolute Gasteiger partial charge is 0.733 e. The molecule has 1 N–H and O–H groups in total. The lowest BCUT2D eigenvalue weighted by Crippen LogP contribution is -2.14. The van der Waals surface area contributed by atoms with E-state index >= 15 is 0 Å². The van der Waals surface area contributed by atoms with Crippen molar-refractivity contribution in [2.75, 3.05) is 5.23 Å². The summed E-state index contributed by atoms with van der Waals surface area (Å²) >= 11 is 0. The molecule has 0 fully saturated rings. The van der Waals surface area contributed by atoms with Crippen LogP contribution in [0.25, 0.3) is 0 Å². The Morgan fingerprint density at radius 3 is 2.08 bits per heavy atom. The fraction of sp³-hybridized carbons (Fsp3) is 0.250. The highest BCUT2D eigenvalue weighted by Crippen LogP contribution is 2.20. The maximum atomic E-state index is 10.6. The van der Waals surface area contributed by atoms with Crippen molar-refractivity contribution < 1.29 is 5.21 Å². The lowest BCUT2D eigenvalue weighted by Gasteiger charge is -2.26. The monoisotopic (exact) mass is 162 g/mol. The molecule has 0 aromatic heterocycles. The van der Waals surface area contributed by atoms with E-state index < -0.39 is 0 Å². The Balaban J connectivity index is 3.28. The van der Waals surface area contributed by atoms with Gasteiger partial charge in [0.05, 0.1) is 5.69 Å². The van der Waals surface area contributed by atoms with E-state index in [0.29, 0.717) is 16.6 Å². The molecule has 0 bridgehead atoms. The summed E-state index contributed by atoms with van der Waals surface area (Å²) < 4.78 is 0. The maximum Gasteiger partial charge on any atom is 0.113 e. The second-order valence-corrected chi connectivity index (χ2v) is 2.78. The van der Waals surface area contributed by atoms with Crippen LogP contribution in [-0.4, -0.2) is 13.1 Å². The van der Waals surface area contributed by atoms with Crippen LogP contribution in [0, 0.1) is 19.1 Å². The van der Waals surface area contributed by atoms with Crippen molar-refractivity contribution in [1.29, 1.82) is 0 Å². The molecule has 1 rings (SSSR count). The summed E-state index contributed by atoms with van der Waals surface area (Å²) in [5.74, 6) is 0. The van der Waals surface area contributed by atoms with E-state index in [1.807, 2.05) is 0 Å². The molecule has 0 aliphatic heterocycles. The van der Waals surface area contributed by atoms with Crippen LogP contribution in [0.2, 0.25) is 0 Å². The van der Waals surface area contributed by atoms with Crippen molar-refractivity contribution in [1.82, 2.24) is 0 Å². The minimum atomic E-state index is -0.135. The minimum absolute atomic E-state index is 0.135. The van der Waals surface area contributed by atoms with Gasteiger partial charge in [0.1, 0.15) is 7.85 Å². The zero-order valence-corrected chi connectivity index (χ0v) is 7.03. The number of hydrogen-bond acceptors (Lipinski definition) is 3. The summed E-state index contributed by atoms with van der Waals surface area (Å²) in [6.07, 6.45) is 0. The molecule has 0 saturated heterocycles. The zero-order chi connectivity index (χ0) is 9.30. The van der Waals surface area contributed by atoms with Crippen LogP contribution in [0.3, 0.4) is 0 Å². The van der Waals surface area contributed by atoms with Crippen LogP contribution >= 0.6 is 0 Å². The van der Waals surface area contributed by atoms with Gasteiger partial charge < -0.3 is 10.4 Å². The van der Waals surface area contributed by atoms with Gasteiger partial charge in [0.2, 0.25) is 0 Å². The van der Waals surface area contributed by atoms with Gasteiger partial charge >= 0.3 is 0 Å². The molecule has 0 atom stereocenters. The first-order chi connectivity index (χ1) is 5.52. The molecule has 0 aliphatic carbocycles. The molecule has 1 aromatic rings. The number of aryl methyl sites for hydroxylation is 2. The number of rotatable bonds is 1. The summed E-state index contributed by atoms with van der Waals surface area (Å²) in [6.45, 7) is 3.44. The maximum absolute atomic E-state index is 10.6. The van der Waals surface area contributed by atoms with E-state index in [-0.39, 0.29) is 10.9 Å². The Bertz CT molecular complexity index is 276. The lowest BCUT2D eigenvalue weighted by molar-refractivity contribution is 0.295. The van der Waals surface area contributed by atoms with Crippen molar-refractivity contribution in [2.24, 2.45) is 0 Å². The van der Waals surface area contributed by atoms with Crippen LogP contribution in [0.4, 0.5) is 5.69 Å². The van der Waals surface area contributed by atoms with Gasteiger partial charge in [-0.15, -0.1) is 0 Å². The van der Waals surface area contributed by atoms with Gasteiger partial charge in [-0.1, -0.05) is 17.6 Å². The van der Waals surface area contributed by atoms with Crippen molar-refractivity contribution >= 4 is 19.0 Å². The molecule has 0 saturated carbocycles. The molecule has 2 radical (unpaired) electrons. The van der Waals surface area contributed by atoms with E-state index in [9.17, 15) is 5.21 Å². The van der Waals surface area contributed by atoms with E-state index in [0.717, 1.165) is 0 Å². The third-order valence-electron chi connectivity index (χ3n) is 1.70. The third-order valence-corrected chi connectivity index (χ3v) is 1.70. The van der Waals surface area contributed by atoms with Gasteiger partial charge in [-0.3, -0.25) is 5.21 Å². The topological polar surface area (TPSA) is 46.5 Å². The predicted molar refractivity (Wildman–Crippen MR) is 48.9 cm³/mol. The molecule has 0 spiro atoms. The average Bonchev–Trinajstić information content (AvgIpc) is 1.82. The molecule has 4 heteroatoms. The normalized spacial score (nSPS) is 10.0. The number of benzene rings is 1. The molecule has 0 heterocycles. The summed E-state index contributed by atoms with van der Waals surface area (Å²) in [7, 11) is 5.53. The van der Waals surface area contributed by atoms with Crippen LogP contribution in [0.15, 0.2) is 12.1 Å². The zero-order valence-electron chi connectivity index (χ0n) is 7.03. The van der Waals surface area contributed by atoms with Gasteiger partial charge in [-0.2, -0.15) is 0 Å². The quantitative estimate of drug-likeness (QED) is 0.490. The summed E-state index contributed by atoms with van der Waals surface area (Å²) in [5.41, 5.74) is 2.20. The van der Waals surface area contributed by atoms with Gasteiger partial charge in [0, 0.05) is 0 Å². The molecule has 12 heavy (non-hydrogen) atoms. The molecule has 3 nitrogen and oxygen atoms in total. The SMILES string of the molecule is [B]c1cc(C)c(N([O-])O)c(C)c1. The summed E-state index contributed by atoms with van der Waals surface area (Å²) in [6, 6.07) is 3.28. The highest BCUT2D eigenvalue weighted by molar-refractivity contribution is 6.32. The van der Waals surface area contributed by atoms with Crippen LogP contribution in [-0.2, 0) is 0 Å². The third kappa shape index (κ3) is 1.60. The highest BCUT2D eigenvalue weighted by atomic mass is 16.8. The van der Waals surface area contributed by atoms with Crippen molar-refractivity contribution in [3.05, 3.63) is 28.5 Å². The van der Waals surface area contributed by atoms with Crippen molar-refractivity contribution in [3.8, 4) is 0 Å². The van der Waals surface area contributed by atoms with E-state index in [4.69, 9.17) is 13.1 Å². The molecule has 0 aliphatic rings. The van der Waals surface area contributed by atoms with Crippen LogP contribution in [0.1, 0.15) is 11.1 Å². The van der Waals surface area contributed by atoms with Gasteiger partial charge in [0.15, 0.2) is 0 Å². The van der Waals surface area contributed by atoms with Gasteiger partial charge in [-0.25, -0.2) is 0 Å². The second-order valence-electron chi connectivity index (χ2n) is 2.78. The Kier molecular flexibility index (Phi) is 2.40. The first-order valence-corrected chi connectivity index (χ1v) is 3.55. The number of anilines is 1. The predicted octanol–water partition coefficient (Wildman–Crippen LogP) is 0.791. The smallest absolute Gasteiger partial charge is 0.113 e. The first kappa shape index (κ1) is 9.10. The Morgan fingerprint density at radius 2 is 1.75 bits per heavy atom. The lowest BCUT2D eigenvalue weighted by atomic mass is 9.91. The van der Waals surface area contributed by atoms with Crippen LogP contribution in [0.5, 0.6) is 0 Å². The standard InChI is InChI=1S/C8H9BNO2/c1-5-3-7(9)4-6(2)8(5)10(11)12/h3-4,11H,1-2H3/q-1. The number of hydrogen-bond donors (Lipinski definition) is 1. The van der Waals surface area contributed by atoms with E-state index in [2.05, 4.69) is 0 Å². The fourth-order valence-electron chi connectivity index (χ4n) is 1.29. The number of nitrogens with zero attached hydrogens (tertiary/aromatic N) is 1. The van der Waals surface area contributed by atoms with E-state index in [1.165, 1.54) is 0 Å². The molecule has 0 amide bonds. The summed E-state index contributed by atoms with van der Waals surface area (Å²) in [4.78, 5) is 0. The Labute approximate surface area is 72.6 Å². The van der Waals surface area contributed by atoms with Gasteiger partial charge in [0.25, 0.3) is 0 Å². The van der Waals surface area contributed by atoms with Crippen LogP contribution < -0.4 is 10.7 Å². The molecule has 62 valence electrons. The van der Waals surface area contributed by atoms with E-state index in [1.54, 1.807) is 26.0 Å². The fourth-order valence-corrected chi connectivity index (χ4v) is 1.29. The van der Waals surface area contributed by atoms with Crippen molar-refractivity contribution in [3.63, 3.8) is 0 Å². The Morgan fingerprint density at radius 1 is 1.33 bits per heavy atom. The summed E-state index contributed by atoms with van der Waals surface area (Å²) in [5, 5.41) is 19.2. The van der Waals surface area contributed by atoms with Crippen molar-refractivity contribution in [2.45, 2.75) is 13.8 Å². The second kappa shape index (κ2) is 3.17. The van der Waals surface area contributed by atoms with Gasteiger partial charge in [-0.05, 0) is 25.0 Å². The Hall–Kier alpha value is -0.995. The average molecular weight is 162 g/mol. The minimum Gasteiger partial charge on any atom is -0.733 e. The first-order valence-electron chi connectivity index (χ1n) is 3.55. The molecular weight excluding hydrogens is 153 g/mol. The molecule has 0 unspecified atom stereocenters. The highest BCUT2D eigenvalue weighted by Gasteiger charge is 2.02.